The lowest BCUT2D eigenvalue weighted by atomic mass is 10.0. The van der Waals surface area contributed by atoms with Gasteiger partial charge in [-0.3, -0.25) is 9.36 Å². The Labute approximate surface area is 230 Å². The number of thioether (sulfide) groups is 1. The number of halogens is 1. The van der Waals surface area contributed by atoms with Gasteiger partial charge >= 0.3 is 0 Å². The Morgan fingerprint density at radius 1 is 0.816 bits per heavy atom. The van der Waals surface area contributed by atoms with E-state index in [2.05, 4.69) is 45.0 Å². The van der Waals surface area contributed by atoms with Crippen molar-refractivity contribution in [2.75, 3.05) is 5.75 Å². The van der Waals surface area contributed by atoms with Crippen LogP contribution in [0.15, 0.2) is 119 Å². The van der Waals surface area contributed by atoms with E-state index in [1.807, 2.05) is 96.4 Å². The first-order valence-corrected chi connectivity index (χ1v) is 13.3. The van der Waals surface area contributed by atoms with E-state index in [1.165, 1.54) is 11.8 Å². The average molecular weight is 538 g/mol. The highest BCUT2D eigenvalue weighted by atomic mass is 35.5. The van der Waals surface area contributed by atoms with Gasteiger partial charge in [-0.05, 0) is 47.9 Å². The molecule has 1 N–H and O–H groups in total. The van der Waals surface area contributed by atoms with Gasteiger partial charge in [0.25, 0.3) is 5.91 Å². The summed E-state index contributed by atoms with van der Waals surface area (Å²) in [6, 6.07) is 35.5. The van der Waals surface area contributed by atoms with Gasteiger partial charge in [0, 0.05) is 16.3 Å². The van der Waals surface area contributed by atoms with E-state index in [0.29, 0.717) is 16.0 Å². The molecule has 0 saturated heterocycles. The van der Waals surface area contributed by atoms with Crippen LogP contribution in [0.5, 0.6) is 0 Å². The van der Waals surface area contributed by atoms with Gasteiger partial charge in [-0.15, -0.1) is 10.2 Å². The lowest BCUT2D eigenvalue weighted by Gasteiger charge is -2.10. The summed E-state index contributed by atoms with van der Waals surface area (Å²) in [5.74, 6) is 0.579. The normalized spacial score (nSPS) is 11.4. The number of benzene rings is 4. The number of carbonyl (C=O) groups is 1. The molecule has 0 radical (unpaired) electrons. The smallest absolute Gasteiger partial charge is 0.250 e. The maximum atomic E-state index is 12.6. The molecule has 8 heteroatoms. The molecule has 38 heavy (non-hydrogen) atoms. The zero-order valence-corrected chi connectivity index (χ0v) is 22.2. The highest BCUT2D eigenvalue weighted by Crippen LogP contribution is 2.28. The molecule has 0 atom stereocenters. The highest BCUT2D eigenvalue weighted by molar-refractivity contribution is 7.99. The SMILES string of the molecule is C/C(=N/NC(=O)CSc1nnc(-c2ccccc2)n1-c1ccc(Cl)cc1)c1ccc(-c2ccccc2)cc1. The molecule has 0 aliphatic rings. The van der Waals surface area contributed by atoms with E-state index in [4.69, 9.17) is 11.6 Å². The van der Waals surface area contributed by atoms with E-state index < -0.39 is 0 Å². The minimum Gasteiger partial charge on any atom is -0.272 e. The summed E-state index contributed by atoms with van der Waals surface area (Å²) in [4.78, 5) is 12.6. The number of amides is 1. The second-order valence-corrected chi connectivity index (χ2v) is 9.83. The van der Waals surface area contributed by atoms with Crippen molar-refractivity contribution >= 4 is 35.0 Å². The summed E-state index contributed by atoms with van der Waals surface area (Å²) < 4.78 is 1.92. The predicted octanol–water partition coefficient (Wildman–Crippen LogP) is 6.89. The fourth-order valence-electron chi connectivity index (χ4n) is 3.87. The molecule has 0 aliphatic heterocycles. The molecule has 1 aromatic heterocycles. The molecule has 0 unspecified atom stereocenters. The zero-order chi connectivity index (χ0) is 26.3. The minimum atomic E-state index is -0.234. The second-order valence-electron chi connectivity index (χ2n) is 8.45. The van der Waals surface area contributed by atoms with Gasteiger partial charge in [0.05, 0.1) is 11.5 Å². The Bertz CT molecular complexity index is 1550. The molecule has 0 bridgehead atoms. The van der Waals surface area contributed by atoms with E-state index >= 15 is 0 Å². The van der Waals surface area contributed by atoms with Crippen LogP contribution in [0.3, 0.4) is 0 Å². The Morgan fingerprint density at radius 3 is 2.08 bits per heavy atom. The lowest BCUT2D eigenvalue weighted by molar-refractivity contribution is -0.118. The molecule has 1 heterocycles. The molecular weight excluding hydrogens is 514 g/mol. The fraction of sp³-hybridized carbons (Fsp3) is 0.0667. The maximum absolute atomic E-state index is 12.6. The van der Waals surface area contributed by atoms with Gasteiger partial charge in [0.2, 0.25) is 0 Å². The number of rotatable bonds is 8. The van der Waals surface area contributed by atoms with Crippen LogP contribution in [0.4, 0.5) is 0 Å². The van der Waals surface area contributed by atoms with Crippen LogP contribution in [-0.2, 0) is 4.79 Å². The van der Waals surface area contributed by atoms with E-state index in [-0.39, 0.29) is 11.7 Å². The molecule has 0 aliphatic carbocycles. The number of hydrazone groups is 1. The van der Waals surface area contributed by atoms with Crippen LogP contribution in [0, 0.1) is 0 Å². The van der Waals surface area contributed by atoms with Gasteiger partial charge in [-0.2, -0.15) is 5.10 Å². The second kappa shape index (κ2) is 11.9. The molecule has 6 nitrogen and oxygen atoms in total. The van der Waals surface area contributed by atoms with Crippen LogP contribution < -0.4 is 5.43 Å². The van der Waals surface area contributed by atoms with Crippen molar-refractivity contribution in [3.8, 4) is 28.2 Å². The summed E-state index contributed by atoms with van der Waals surface area (Å²) >= 11 is 7.39. The molecule has 0 saturated carbocycles. The summed E-state index contributed by atoms with van der Waals surface area (Å²) in [5.41, 5.74) is 8.37. The first-order chi connectivity index (χ1) is 18.6. The third-order valence-corrected chi connectivity index (χ3v) is 7.02. The number of nitrogens with zero attached hydrogens (tertiary/aromatic N) is 4. The minimum absolute atomic E-state index is 0.129. The number of hydrogen-bond acceptors (Lipinski definition) is 5. The summed E-state index contributed by atoms with van der Waals surface area (Å²) in [6.07, 6.45) is 0. The Balaban J connectivity index is 1.27. The summed E-state index contributed by atoms with van der Waals surface area (Å²) in [5, 5.41) is 14.3. The van der Waals surface area contributed by atoms with Gasteiger partial charge < -0.3 is 0 Å². The Hall–Kier alpha value is -4.20. The molecule has 188 valence electrons. The van der Waals surface area contributed by atoms with Crippen molar-refractivity contribution in [3.05, 3.63) is 120 Å². The lowest BCUT2D eigenvalue weighted by Crippen LogP contribution is -2.21. The predicted molar refractivity (Wildman–Crippen MR) is 155 cm³/mol. The fourth-order valence-corrected chi connectivity index (χ4v) is 4.74. The standard InChI is InChI=1S/C30H24ClN5OS/c1-21(22-12-14-24(15-13-22)23-8-4-2-5-9-23)32-33-28(37)20-38-30-35-34-29(25-10-6-3-7-11-25)36(30)27-18-16-26(31)17-19-27/h2-19H,20H2,1H3,(H,33,37)/b32-21-. The highest BCUT2D eigenvalue weighted by Gasteiger charge is 2.17. The largest absolute Gasteiger partial charge is 0.272 e. The van der Waals surface area contributed by atoms with Crippen molar-refractivity contribution in [2.24, 2.45) is 5.10 Å². The zero-order valence-electron chi connectivity index (χ0n) is 20.6. The molecule has 5 rings (SSSR count). The van der Waals surface area contributed by atoms with Crippen molar-refractivity contribution in [1.29, 1.82) is 0 Å². The maximum Gasteiger partial charge on any atom is 0.250 e. The topological polar surface area (TPSA) is 72.2 Å². The first kappa shape index (κ1) is 25.4. The molecule has 4 aromatic carbocycles. The van der Waals surface area contributed by atoms with Crippen LogP contribution >= 0.6 is 23.4 Å². The van der Waals surface area contributed by atoms with Crippen LogP contribution in [0.1, 0.15) is 12.5 Å². The molecule has 5 aromatic rings. The van der Waals surface area contributed by atoms with Crippen molar-refractivity contribution in [1.82, 2.24) is 20.2 Å². The van der Waals surface area contributed by atoms with Crippen LogP contribution in [0.2, 0.25) is 5.02 Å². The van der Waals surface area contributed by atoms with Gasteiger partial charge in [0.1, 0.15) is 0 Å². The number of nitrogens with one attached hydrogen (secondary N) is 1. The van der Waals surface area contributed by atoms with E-state index in [1.54, 1.807) is 0 Å². The summed E-state index contributed by atoms with van der Waals surface area (Å²) in [7, 11) is 0. The number of hydrogen-bond donors (Lipinski definition) is 1. The number of carbonyl (C=O) groups excluding carboxylic acids is 1. The van der Waals surface area contributed by atoms with Crippen molar-refractivity contribution < 1.29 is 4.79 Å². The quantitative estimate of drug-likeness (QED) is 0.133. The Kier molecular flexibility index (Phi) is 7.97. The first-order valence-electron chi connectivity index (χ1n) is 12.0. The van der Waals surface area contributed by atoms with Gasteiger partial charge in [0.15, 0.2) is 11.0 Å². The Morgan fingerprint density at radius 2 is 1.42 bits per heavy atom. The van der Waals surface area contributed by atoms with Crippen LogP contribution in [0.25, 0.3) is 28.2 Å². The van der Waals surface area contributed by atoms with Gasteiger partial charge in [-0.1, -0.05) is 108 Å². The average Bonchev–Trinajstić information content (AvgIpc) is 3.40. The van der Waals surface area contributed by atoms with Crippen molar-refractivity contribution in [3.63, 3.8) is 0 Å². The molecule has 0 spiro atoms. The van der Waals surface area contributed by atoms with Crippen molar-refractivity contribution in [2.45, 2.75) is 12.1 Å². The number of aromatic nitrogens is 3. The van der Waals surface area contributed by atoms with E-state index in [9.17, 15) is 4.79 Å². The van der Waals surface area contributed by atoms with Crippen LogP contribution in [-0.4, -0.2) is 32.1 Å². The van der Waals surface area contributed by atoms with E-state index in [0.717, 1.165) is 33.7 Å². The third kappa shape index (κ3) is 6.02. The summed E-state index contributed by atoms with van der Waals surface area (Å²) in [6.45, 7) is 1.87. The molecular formula is C30H24ClN5OS. The molecule has 1 amide bonds. The third-order valence-electron chi connectivity index (χ3n) is 5.84. The monoisotopic (exact) mass is 537 g/mol. The molecule has 0 fully saturated rings. The van der Waals surface area contributed by atoms with Gasteiger partial charge in [-0.25, -0.2) is 5.43 Å².